The fourth-order valence-electron chi connectivity index (χ4n) is 1.19. The lowest BCUT2D eigenvalue weighted by Gasteiger charge is -2.08. The van der Waals surface area contributed by atoms with Crippen molar-refractivity contribution in [3.8, 4) is 0 Å². The summed E-state index contributed by atoms with van der Waals surface area (Å²) in [4.78, 5) is 22.0. The zero-order valence-corrected chi connectivity index (χ0v) is 8.70. The van der Waals surface area contributed by atoms with Crippen LogP contribution in [-0.2, 0) is 4.79 Å². The Morgan fingerprint density at radius 2 is 2.07 bits per heavy atom. The number of benzene rings is 1. The summed E-state index contributed by atoms with van der Waals surface area (Å²) in [6.45, 7) is 3.55. The lowest BCUT2D eigenvalue weighted by molar-refractivity contribution is -0.115. The van der Waals surface area contributed by atoms with Crippen molar-refractivity contribution in [2.45, 2.75) is 20.3 Å². The molecule has 0 unspecified atom stereocenters. The van der Waals surface area contributed by atoms with Crippen LogP contribution in [0.5, 0.6) is 0 Å². The molecule has 15 heavy (non-hydrogen) atoms. The van der Waals surface area contributed by atoms with Crippen LogP contribution in [0.4, 0.5) is 5.69 Å². The third-order valence-electron chi connectivity index (χ3n) is 2.00. The highest BCUT2D eigenvalue weighted by Gasteiger charge is 2.11. The van der Waals surface area contributed by atoms with E-state index in [1.165, 1.54) is 6.07 Å². The maximum Gasteiger partial charge on any atom is 0.337 e. The molecule has 0 saturated heterocycles. The number of hydrogen-bond donors (Lipinski definition) is 2. The third kappa shape index (κ3) is 2.80. The fourth-order valence-corrected chi connectivity index (χ4v) is 1.19. The minimum absolute atomic E-state index is 0.113. The van der Waals surface area contributed by atoms with Gasteiger partial charge in [0.2, 0.25) is 5.91 Å². The van der Waals surface area contributed by atoms with Crippen molar-refractivity contribution >= 4 is 17.6 Å². The van der Waals surface area contributed by atoms with Gasteiger partial charge in [0.15, 0.2) is 0 Å². The van der Waals surface area contributed by atoms with Gasteiger partial charge in [0, 0.05) is 6.42 Å². The Balaban J connectivity index is 3.07. The van der Waals surface area contributed by atoms with Crippen molar-refractivity contribution in [3.05, 3.63) is 29.3 Å². The summed E-state index contributed by atoms with van der Waals surface area (Å²) in [6, 6.07) is 4.84. The van der Waals surface area contributed by atoms with Gasteiger partial charge in [-0.15, -0.1) is 0 Å². The molecule has 1 amide bonds. The molecule has 4 heteroatoms. The Hall–Kier alpha value is -1.84. The number of carboxylic acids is 1. The van der Waals surface area contributed by atoms with Gasteiger partial charge in [-0.2, -0.15) is 0 Å². The van der Waals surface area contributed by atoms with Gasteiger partial charge >= 0.3 is 5.97 Å². The second-order valence-electron chi connectivity index (χ2n) is 3.26. The summed E-state index contributed by atoms with van der Waals surface area (Å²) in [7, 11) is 0. The molecule has 80 valence electrons. The molecule has 0 bridgehead atoms. The first-order valence-corrected chi connectivity index (χ1v) is 4.68. The zero-order chi connectivity index (χ0) is 11.4. The maximum atomic E-state index is 11.2. The summed E-state index contributed by atoms with van der Waals surface area (Å²) in [6.07, 6.45) is 0.326. The number of rotatable bonds is 3. The lowest BCUT2D eigenvalue weighted by Crippen LogP contribution is -2.13. The number of aryl methyl sites for hydroxylation is 1. The first-order valence-electron chi connectivity index (χ1n) is 4.68. The topological polar surface area (TPSA) is 66.4 Å². The first-order chi connectivity index (χ1) is 7.04. The highest BCUT2D eigenvalue weighted by atomic mass is 16.4. The van der Waals surface area contributed by atoms with Crippen LogP contribution in [0.2, 0.25) is 0 Å². The number of carbonyl (C=O) groups is 2. The highest BCUT2D eigenvalue weighted by molar-refractivity contribution is 6.00. The minimum Gasteiger partial charge on any atom is -0.478 e. The Bertz CT molecular complexity index is 399. The van der Waals surface area contributed by atoms with E-state index in [0.29, 0.717) is 12.1 Å². The number of carboxylic acid groups (broad SMARTS) is 1. The van der Waals surface area contributed by atoms with Gasteiger partial charge in [0.1, 0.15) is 0 Å². The molecule has 0 radical (unpaired) electrons. The van der Waals surface area contributed by atoms with Gasteiger partial charge in [-0.1, -0.05) is 13.0 Å². The van der Waals surface area contributed by atoms with Gasteiger partial charge < -0.3 is 10.4 Å². The highest BCUT2D eigenvalue weighted by Crippen LogP contribution is 2.17. The van der Waals surface area contributed by atoms with Crippen LogP contribution in [0.25, 0.3) is 0 Å². The van der Waals surface area contributed by atoms with E-state index >= 15 is 0 Å². The molecular weight excluding hydrogens is 194 g/mol. The minimum atomic E-state index is -1.04. The molecule has 1 aromatic carbocycles. The number of aromatic carboxylic acids is 1. The quantitative estimate of drug-likeness (QED) is 0.797. The molecule has 0 fully saturated rings. The van der Waals surface area contributed by atoms with E-state index < -0.39 is 5.97 Å². The standard InChI is InChI=1S/C11H13NO3/c1-3-10(13)12-9-6-7(2)4-5-8(9)11(14)15/h4-6H,3H2,1-2H3,(H,12,13)(H,14,15). The second-order valence-corrected chi connectivity index (χ2v) is 3.26. The van der Waals surface area contributed by atoms with E-state index in [9.17, 15) is 9.59 Å². The normalized spacial score (nSPS) is 9.73. The van der Waals surface area contributed by atoms with Crippen LogP contribution in [0, 0.1) is 6.92 Å². The molecule has 4 nitrogen and oxygen atoms in total. The lowest BCUT2D eigenvalue weighted by atomic mass is 10.1. The van der Waals surface area contributed by atoms with Crippen molar-refractivity contribution in [2.75, 3.05) is 5.32 Å². The van der Waals surface area contributed by atoms with Gasteiger partial charge in [0.05, 0.1) is 11.3 Å². The van der Waals surface area contributed by atoms with Gasteiger partial charge in [-0.25, -0.2) is 4.79 Å². The monoisotopic (exact) mass is 207 g/mol. The van der Waals surface area contributed by atoms with Crippen molar-refractivity contribution in [3.63, 3.8) is 0 Å². The third-order valence-corrected chi connectivity index (χ3v) is 2.00. The molecule has 1 aromatic rings. The molecule has 0 heterocycles. The fraction of sp³-hybridized carbons (Fsp3) is 0.273. The zero-order valence-electron chi connectivity index (χ0n) is 8.70. The van der Waals surface area contributed by atoms with Crippen LogP contribution in [0.15, 0.2) is 18.2 Å². The predicted molar refractivity (Wildman–Crippen MR) is 57.1 cm³/mol. The summed E-state index contributed by atoms with van der Waals surface area (Å²) in [5.41, 5.74) is 1.38. The van der Waals surface area contributed by atoms with Crippen LogP contribution in [0.1, 0.15) is 29.3 Å². The van der Waals surface area contributed by atoms with Crippen LogP contribution in [0.3, 0.4) is 0 Å². The van der Waals surface area contributed by atoms with Crippen LogP contribution in [-0.4, -0.2) is 17.0 Å². The second kappa shape index (κ2) is 4.59. The van der Waals surface area contributed by atoms with Crippen LogP contribution >= 0.6 is 0 Å². The molecule has 0 atom stereocenters. The average molecular weight is 207 g/mol. The molecule has 0 aromatic heterocycles. The van der Waals surface area contributed by atoms with Gasteiger partial charge in [-0.3, -0.25) is 4.79 Å². The van der Waals surface area contributed by atoms with E-state index in [2.05, 4.69) is 5.32 Å². The molecule has 0 aliphatic heterocycles. The van der Waals surface area contributed by atoms with E-state index in [1.807, 2.05) is 6.92 Å². The Labute approximate surface area is 87.9 Å². The molecule has 0 aliphatic rings. The first kappa shape index (κ1) is 11.2. The van der Waals surface area contributed by atoms with E-state index in [4.69, 9.17) is 5.11 Å². The SMILES string of the molecule is CCC(=O)Nc1cc(C)ccc1C(=O)O. The molecule has 0 aliphatic carbocycles. The molecule has 0 spiro atoms. The molecule has 1 rings (SSSR count). The van der Waals surface area contributed by atoms with Gasteiger partial charge in [-0.05, 0) is 24.6 Å². The summed E-state index contributed by atoms with van der Waals surface area (Å²) in [5.74, 6) is -1.23. The Morgan fingerprint density at radius 3 is 2.60 bits per heavy atom. The molecule has 0 saturated carbocycles. The number of amides is 1. The van der Waals surface area contributed by atoms with E-state index in [0.717, 1.165) is 5.56 Å². The smallest absolute Gasteiger partial charge is 0.337 e. The Morgan fingerprint density at radius 1 is 1.40 bits per heavy atom. The van der Waals surface area contributed by atoms with Crippen molar-refractivity contribution in [1.82, 2.24) is 0 Å². The molecule has 2 N–H and O–H groups in total. The largest absolute Gasteiger partial charge is 0.478 e. The maximum absolute atomic E-state index is 11.2. The van der Waals surface area contributed by atoms with E-state index in [1.54, 1.807) is 19.1 Å². The van der Waals surface area contributed by atoms with E-state index in [-0.39, 0.29) is 11.5 Å². The summed E-state index contributed by atoms with van der Waals surface area (Å²) < 4.78 is 0. The Kier molecular flexibility index (Phi) is 3.44. The van der Waals surface area contributed by atoms with Crippen molar-refractivity contribution in [2.24, 2.45) is 0 Å². The number of anilines is 1. The van der Waals surface area contributed by atoms with Crippen LogP contribution < -0.4 is 5.32 Å². The summed E-state index contributed by atoms with van der Waals surface area (Å²) in [5, 5.41) is 11.5. The molecular formula is C11H13NO3. The summed E-state index contributed by atoms with van der Waals surface area (Å²) >= 11 is 0. The van der Waals surface area contributed by atoms with Gasteiger partial charge in [0.25, 0.3) is 0 Å². The number of hydrogen-bond acceptors (Lipinski definition) is 2. The average Bonchev–Trinajstić information content (AvgIpc) is 2.17. The van der Waals surface area contributed by atoms with Crippen molar-refractivity contribution < 1.29 is 14.7 Å². The number of carbonyl (C=O) groups excluding carboxylic acids is 1. The predicted octanol–water partition coefficient (Wildman–Crippen LogP) is 2.04. The number of nitrogens with one attached hydrogen (secondary N) is 1. The van der Waals surface area contributed by atoms with Crippen molar-refractivity contribution in [1.29, 1.82) is 0 Å².